The van der Waals surface area contributed by atoms with E-state index in [2.05, 4.69) is 42.0 Å². The van der Waals surface area contributed by atoms with Gasteiger partial charge in [0, 0.05) is 56.1 Å². The average molecular weight is 500 g/mol. The van der Waals surface area contributed by atoms with Gasteiger partial charge in [-0.2, -0.15) is 5.10 Å². The number of carbonyl (C=O) groups excluding carboxylic acids is 2. The Bertz CT molecular complexity index is 1390. The molecule has 0 saturated carbocycles. The summed E-state index contributed by atoms with van der Waals surface area (Å²) in [6, 6.07) is 17.0. The van der Waals surface area contributed by atoms with E-state index in [1.54, 1.807) is 4.90 Å². The predicted molar refractivity (Wildman–Crippen MR) is 144 cm³/mol. The summed E-state index contributed by atoms with van der Waals surface area (Å²) in [4.78, 5) is 44.7. The van der Waals surface area contributed by atoms with Crippen LogP contribution in [0.25, 0.3) is 0 Å². The van der Waals surface area contributed by atoms with Gasteiger partial charge in [-0.3, -0.25) is 14.4 Å². The lowest BCUT2D eigenvalue weighted by molar-refractivity contribution is -0.131. The maximum absolute atomic E-state index is 13.3. The Morgan fingerprint density at radius 1 is 0.919 bits per heavy atom. The molecule has 1 saturated heterocycles. The molecule has 1 fully saturated rings. The van der Waals surface area contributed by atoms with Gasteiger partial charge in [0.1, 0.15) is 5.69 Å². The minimum atomic E-state index is -0.320. The van der Waals surface area contributed by atoms with Crippen LogP contribution >= 0.6 is 0 Å². The lowest BCUT2D eigenvalue weighted by Gasteiger charge is -2.37. The van der Waals surface area contributed by atoms with E-state index < -0.39 is 0 Å². The van der Waals surface area contributed by atoms with Gasteiger partial charge in [0.05, 0.1) is 6.54 Å². The molecule has 37 heavy (non-hydrogen) atoms. The number of benzene rings is 2. The number of para-hydroxylation sites is 1. The topological polar surface area (TPSA) is 78.8 Å². The van der Waals surface area contributed by atoms with E-state index >= 15 is 0 Å². The second-order valence-electron chi connectivity index (χ2n) is 9.97. The molecular weight excluding hydrogens is 466 g/mol. The van der Waals surface area contributed by atoms with E-state index in [0.29, 0.717) is 13.1 Å². The minimum Gasteiger partial charge on any atom is -0.368 e. The fraction of sp³-hybridized carbons (Fsp3) is 0.379. The van der Waals surface area contributed by atoms with Crippen LogP contribution in [0.5, 0.6) is 0 Å². The number of fused-ring (bicyclic) bond motifs is 1. The number of anilines is 2. The first-order valence-corrected chi connectivity index (χ1v) is 12.9. The van der Waals surface area contributed by atoms with Crippen molar-refractivity contribution in [2.45, 2.75) is 46.2 Å². The van der Waals surface area contributed by atoms with Crippen molar-refractivity contribution < 1.29 is 9.59 Å². The molecule has 3 heterocycles. The molecule has 2 aliphatic rings. The molecule has 8 nitrogen and oxygen atoms in total. The fourth-order valence-electron chi connectivity index (χ4n) is 5.36. The highest BCUT2D eigenvalue weighted by Gasteiger charge is 2.32. The molecule has 0 radical (unpaired) electrons. The van der Waals surface area contributed by atoms with Crippen LogP contribution in [0.2, 0.25) is 0 Å². The molecule has 2 amide bonds. The summed E-state index contributed by atoms with van der Waals surface area (Å²) in [5, 5.41) is 4.34. The molecular formula is C29H33N5O3. The molecule has 3 aromatic rings. The van der Waals surface area contributed by atoms with Crippen molar-refractivity contribution in [2.24, 2.45) is 0 Å². The number of rotatable bonds is 5. The van der Waals surface area contributed by atoms with Gasteiger partial charge in [-0.25, -0.2) is 4.68 Å². The number of aromatic nitrogens is 2. The van der Waals surface area contributed by atoms with Crippen LogP contribution in [-0.2, 0) is 17.8 Å². The second-order valence-corrected chi connectivity index (χ2v) is 9.97. The third-order valence-electron chi connectivity index (χ3n) is 7.60. The summed E-state index contributed by atoms with van der Waals surface area (Å²) in [7, 11) is 0. The maximum Gasteiger partial charge on any atom is 0.278 e. The Morgan fingerprint density at radius 3 is 2.43 bits per heavy atom. The minimum absolute atomic E-state index is 0.00636. The van der Waals surface area contributed by atoms with Gasteiger partial charge in [0.25, 0.3) is 11.5 Å². The van der Waals surface area contributed by atoms with Crippen molar-refractivity contribution in [3.8, 4) is 0 Å². The molecule has 0 aliphatic carbocycles. The highest BCUT2D eigenvalue weighted by atomic mass is 16.2. The number of carbonyl (C=O) groups is 2. The quantitative estimate of drug-likeness (QED) is 0.539. The molecule has 0 N–H and O–H groups in total. The highest BCUT2D eigenvalue weighted by Crippen LogP contribution is 2.32. The SMILES string of the molecule is Cc1cccc(N2CCN(C(=O)CCn3nc(C(=O)N4c5ccccc5C[C@H]4C)ccc3=O)CC2)c1C. The Kier molecular flexibility index (Phi) is 6.82. The van der Waals surface area contributed by atoms with Gasteiger partial charge >= 0.3 is 0 Å². The van der Waals surface area contributed by atoms with Crippen molar-refractivity contribution in [3.05, 3.63) is 87.3 Å². The first-order valence-electron chi connectivity index (χ1n) is 12.9. The molecule has 2 aliphatic heterocycles. The number of hydrogen-bond acceptors (Lipinski definition) is 5. The zero-order chi connectivity index (χ0) is 26.1. The highest BCUT2D eigenvalue weighted by molar-refractivity contribution is 6.06. The van der Waals surface area contributed by atoms with Crippen LogP contribution in [0.4, 0.5) is 11.4 Å². The Balaban J connectivity index is 1.22. The van der Waals surface area contributed by atoms with Crippen LogP contribution in [0.3, 0.4) is 0 Å². The predicted octanol–water partition coefficient (Wildman–Crippen LogP) is 3.19. The number of nitrogens with zero attached hydrogens (tertiary/aromatic N) is 5. The lowest BCUT2D eigenvalue weighted by Crippen LogP contribution is -2.49. The van der Waals surface area contributed by atoms with Crippen LogP contribution < -0.4 is 15.4 Å². The summed E-state index contributed by atoms with van der Waals surface area (Å²) in [6.07, 6.45) is 0.948. The Labute approximate surface area is 217 Å². The standard InChI is InChI=1S/C29H33N5O3/c1-20-7-6-10-25(22(20)3)31-15-17-32(18-16-31)27(35)13-14-33-28(36)12-11-24(30-33)29(37)34-21(2)19-23-8-4-5-9-26(23)34/h4-12,21H,13-19H2,1-3H3/t21-/m1/s1. The number of aryl methyl sites for hydroxylation is 2. The van der Waals surface area contributed by atoms with Crippen molar-refractivity contribution in [2.75, 3.05) is 36.0 Å². The van der Waals surface area contributed by atoms with E-state index in [1.165, 1.54) is 33.6 Å². The summed E-state index contributed by atoms with van der Waals surface area (Å²) in [5.41, 5.74) is 5.65. The lowest BCUT2D eigenvalue weighted by atomic mass is 10.1. The van der Waals surface area contributed by atoms with E-state index in [4.69, 9.17) is 0 Å². The van der Waals surface area contributed by atoms with Crippen LogP contribution in [0, 0.1) is 13.8 Å². The van der Waals surface area contributed by atoms with Crippen LogP contribution in [-0.4, -0.2) is 58.7 Å². The summed E-state index contributed by atoms with van der Waals surface area (Å²) < 4.78 is 1.24. The van der Waals surface area contributed by atoms with E-state index in [1.807, 2.05) is 36.1 Å². The zero-order valence-electron chi connectivity index (χ0n) is 21.7. The molecule has 192 valence electrons. The average Bonchev–Trinajstić information content (AvgIpc) is 3.25. The van der Waals surface area contributed by atoms with Gasteiger partial charge in [-0.1, -0.05) is 30.3 Å². The Morgan fingerprint density at radius 2 is 1.65 bits per heavy atom. The van der Waals surface area contributed by atoms with E-state index in [0.717, 1.165) is 30.8 Å². The molecule has 0 spiro atoms. The molecule has 8 heteroatoms. The molecule has 2 aromatic carbocycles. The summed E-state index contributed by atoms with van der Waals surface area (Å²) in [6.45, 7) is 9.21. The molecule has 1 aromatic heterocycles. The zero-order valence-corrected chi connectivity index (χ0v) is 21.7. The largest absolute Gasteiger partial charge is 0.368 e. The first-order chi connectivity index (χ1) is 17.8. The molecule has 5 rings (SSSR count). The fourth-order valence-corrected chi connectivity index (χ4v) is 5.36. The number of amides is 2. The third-order valence-corrected chi connectivity index (χ3v) is 7.60. The summed E-state index contributed by atoms with van der Waals surface area (Å²) >= 11 is 0. The first kappa shape index (κ1) is 24.7. The van der Waals surface area contributed by atoms with Gasteiger partial charge in [0.15, 0.2) is 0 Å². The molecule has 0 unspecified atom stereocenters. The normalized spacial score (nSPS) is 17.2. The van der Waals surface area contributed by atoms with Crippen molar-refractivity contribution >= 4 is 23.2 Å². The Hall–Kier alpha value is -3.94. The smallest absolute Gasteiger partial charge is 0.278 e. The number of hydrogen-bond donors (Lipinski definition) is 0. The summed E-state index contributed by atoms with van der Waals surface area (Å²) in [5.74, 6) is -0.242. The van der Waals surface area contributed by atoms with Gasteiger partial charge in [-0.15, -0.1) is 0 Å². The van der Waals surface area contributed by atoms with E-state index in [9.17, 15) is 14.4 Å². The monoisotopic (exact) mass is 499 g/mol. The van der Waals surface area contributed by atoms with Crippen molar-refractivity contribution in [1.29, 1.82) is 0 Å². The van der Waals surface area contributed by atoms with Crippen LogP contribution in [0.1, 0.15) is 40.5 Å². The van der Waals surface area contributed by atoms with Crippen molar-refractivity contribution in [1.82, 2.24) is 14.7 Å². The van der Waals surface area contributed by atoms with Crippen LogP contribution in [0.15, 0.2) is 59.4 Å². The third kappa shape index (κ3) is 4.88. The van der Waals surface area contributed by atoms with Crippen molar-refractivity contribution in [3.63, 3.8) is 0 Å². The van der Waals surface area contributed by atoms with Gasteiger partial charge in [0.2, 0.25) is 5.91 Å². The number of piperazine rings is 1. The molecule has 1 atom stereocenters. The van der Waals surface area contributed by atoms with Gasteiger partial charge in [-0.05, 0) is 62.1 Å². The molecule has 0 bridgehead atoms. The van der Waals surface area contributed by atoms with E-state index in [-0.39, 0.29) is 42.1 Å². The second kappa shape index (κ2) is 10.2. The van der Waals surface area contributed by atoms with Gasteiger partial charge < -0.3 is 14.7 Å². The maximum atomic E-state index is 13.3.